The van der Waals surface area contributed by atoms with Gasteiger partial charge in [-0.05, 0) is 25.1 Å². The minimum atomic E-state index is -0.573. The van der Waals surface area contributed by atoms with Gasteiger partial charge in [0, 0.05) is 5.69 Å². The maximum Gasteiger partial charge on any atom is 0.305 e. The Kier molecular flexibility index (Phi) is 3.30. The van der Waals surface area contributed by atoms with Crippen molar-refractivity contribution in [3.8, 4) is 5.75 Å². The summed E-state index contributed by atoms with van der Waals surface area (Å²) in [5.41, 5.74) is 0.965. The average molecular weight is 301 g/mol. The average Bonchev–Trinajstić information content (AvgIpc) is 2.49. The van der Waals surface area contributed by atoms with Gasteiger partial charge in [0.25, 0.3) is 5.91 Å². The van der Waals surface area contributed by atoms with Crippen LogP contribution in [0.3, 0.4) is 0 Å². The molecule has 1 atom stereocenters. The van der Waals surface area contributed by atoms with Crippen LogP contribution in [-0.4, -0.2) is 26.9 Å². The smallest absolute Gasteiger partial charge is 0.305 e. The molecule has 1 aliphatic rings. The van der Waals surface area contributed by atoms with E-state index in [9.17, 15) is 14.9 Å². The molecule has 0 fully saturated rings. The predicted octanol–water partition coefficient (Wildman–Crippen LogP) is 1.85. The van der Waals surface area contributed by atoms with Gasteiger partial charge in [-0.2, -0.15) is 0 Å². The van der Waals surface area contributed by atoms with Gasteiger partial charge < -0.3 is 15.4 Å². The van der Waals surface area contributed by atoms with E-state index < -0.39 is 11.0 Å². The lowest BCUT2D eigenvalue weighted by Crippen LogP contribution is -2.34. The first kappa shape index (κ1) is 13.7. The summed E-state index contributed by atoms with van der Waals surface area (Å²) in [4.78, 5) is 29.3. The lowest BCUT2D eigenvalue weighted by molar-refractivity contribution is -0.385. The highest BCUT2D eigenvalue weighted by Crippen LogP contribution is 2.32. The monoisotopic (exact) mass is 301 g/mol. The number of rotatable bonds is 3. The van der Waals surface area contributed by atoms with Crippen LogP contribution in [0, 0.1) is 10.1 Å². The summed E-state index contributed by atoms with van der Waals surface area (Å²) in [6.07, 6.45) is 1.69. The Morgan fingerprint density at radius 3 is 2.77 bits per heavy atom. The second-order valence-corrected chi connectivity index (χ2v) is 4.61. The molecular formula is C13H11N5O4. The van der Waals surface area contributed by atoms with Gasteiger partial charge in [0.15, 0.2) is 6.10 Å². The van der Waals surface area contributed by atoms with Gasteiger partial charge >= 0.3 is 5.69 Å². The lowest BCUT2D eigenvalue weighted by Gasteiger charge is -2.23. The van der Waals surface area contributed by atoms with Crippen LogP contribution in [0.5, 0.6) is 5.75 Å². The summed E-state index contributed by atoms with van der Waals surface area (Å²) in [6.45, 7) is 1.66. The van der Waals surface area contributed by atoms with Crippen LogP contribution in [-0.2, 0) is 4.79 Å². The molecule has 1 aromatic carbocycles. The number of ether oxygens (including phenoxy) is 1. The van der Waals surface area contributed by atoms with Gasteiger partial charge in [0.05, 0.1) is 10.6 Å². The second-order valence-electron chi connectivity index (χ2n) is 4.61. The van der Waals surface area contributed by atoms with Crippen molar-refractivity contribution < 1.29 is 14.5 Å². The van der Waals surface area contributed by atoms with Crippen LogP contribution in [0.4, 0.5) is 23.0 Å². The fourth-order valence-corrected chi connectivity index (χ4v) is 1.90. The molecule has 3 rings (SSSR count). The van der Waals surface area contributed by atoms with Crippen LogP contribution in [0.1, 0.15) is 6.92 Å². The van der Waals surface area contributed by atoms with Crippen LogP contribution < -0.4 is 15.4 Å². The summed E-state index contributed by atoms with van der Waals surface area (Å²) in [5.74, 6) is 0.556. The van der Waals surface area contributed by atoms with Crippen molar-refractivity contribution in [3.05, 3.63) is 40.7 Å². The van der Waals surface area contributed by atoms with Gasteiger partial charge in [-0.25, -0.2) is 9.97 Å². The molecule has 0 spiro atoms. The molecule has 22 heavy (non-hydrogen) atoms. The molecule has 0 saturated heterocycles. The molecular weight excluding hydrogens is 290 g/mol. The Morgan fingerprint density at radius 1 is 1.36 bits per heavy atom. The molecule has 9 heteroatoms. The van der Waals surface area contributed by atoms with Crippen molar-refractivity contribution in [2.45, 2.75) is 13.0 Å². The van der Waals surface area contributed by atoms with E-state index in [-0.39, 0.29) is 17.5 Å². The van der Waals surface area contributed by atoms with E-state index in [0.29, 0.717) is 17.1 Å². The maximum atomic E-state index is 11.6. The minimum Gasteiger partial charge on any atom is -0.479 e. The molecule has 2 N–H and O–H groups in total. The van der Waals surface area contributed by atoms with Crippen LogP contribution >= 0.6 is 0 Å². The number of aromatic nitrogens is 2. The van der Waals surface area contributed by atoms with E-state index in [1.54, 1.807) is 25.1 Å². The third-order valence-corrected chi connectivity index (χ3v) is 3.02. The number of anilines is 3. The molecule has 0 bridgehead atoms. The number of hydrogen-bond donors (Lipinski definition) is 2. The zero-order chi connectivity index (χ0) is 15.7. The number of hydrogen-bond acceptors (Lipinski definition) is 7. The Balaban J connectivity index is 1.80. The molecule has 9 nitrogen and oxygen atoms in total. The number of nitro groups is 1. The summed E-state index contributed by atoms with van der Waals surface area (Å²) in [6, 6.07) is 5.11. The number of carbonyl (C=O) groups is 1. The quantitative estimate of drug-likeness (QED) is 0.655. The van der Waals surface area contributed by atoms with E-state index in [2.05, 4.69) is 20.6 Å². The molecule has 2 heterocycles. The zero-order valence-corrected chi connectivity index (χ0v) is 11.4. The lowest BCUT2D eigenvalue weighted by atomic mass is 10.2. The van der Waals surface area contributed by atoms with Crippen LogP contribution in [0.2, 0.25) is 0 Å². The van der Waals surface area contributed by atoms with Crippen LogP contribution in [0.25, 0.3) is 0 Å². The van der Waals surface area contributed by atoms with Crippen molar-refractivity contribution in [1.29, 1.82) is 0 Å². The maximum absolute atomic E-state index is 11.6. The first-order chi connectivity index (χ1) is 10.5. The minimum absolute atomic E-state index is 0.189. The number of benzene rings is 1. The van der Waals surface area contributed by atoms with E-state index in [1.165, 1.54) is 0 Å². The van der Waals surface area contributed by atoms with Crippen molar-refractivity contribution in [1.82, 2.24) is 9.97 Å². The standard InChI is InChI=1S/C13H11N5O4/c1-7-12(19)17-10-4-8(2-3-11(10)22-7)16-13-14-5-9(6-15-13)18(20)21/h2-7H,1H3,(H,17,19)(H,14,15,16). The molecule has 112 valence electrons. The SMILES string of the molecule is CC1Oc2ccc(Nc3ncc([N+](=O)[O-])cn3)cc2NC1=O. The van der Waals surface area contributed by atoms with Gasteiger partial charge in [-0.3, -0.25) is 14.9 Å². The van der Waals surface area contributed by atoms with E-state index in [4.69, 9.17) is 4.74 Å². The molecule has 1 amide bonds. The Bertz CT molecular complexity index is 747. The number of nitrogens with one attached hydrogen (secondary N) is 2. The Hall–Kier alpha value is -3.23. The molecule has 1 aromatic heterocycles. The van der Waals surface area contributed by atoms with Gasteiger partial charge in [0.2, 0.25) is 5.95 Å². The van der Waals surface area contributed by atoms with Gasteiger partial charge in [-0.1, -0.05) is 0 Å². The van der Waals surface area contributed by atoms with Crippen LogP contribution in [0.15, 0.2) is 30.6 Å². The molecule has 0 radical (unpaired) electrons. The fourth-order valence-electron chi connectivity index (χ4n) is 1.90. The molecule has 1 aliphatic heterocycles. The topological polar surface area (TPSA) is 119 Å². The highest BCUT2D eigenvalue weighted by molar-refractivity contribution is 5.98. The normalized spacial score (nSPS) is 16.2. The van der Waals surface area contributed by atoms with Gasteiger partial charge in [0.1, 0.15) is 18.1 Å². The predicted molar refractivity (Wildman–Crippen MR) is 77.1 cm³/mol. The van der Waals surface area contributed by atoms with Crippen molar-refractivity contribution >= 4 is 28.9 Å². The van der Waals surface area contributed by atoms with E-state index in [1.807, 2.05) is 0 Å². The van der Waals surface area contributed by atoms with Crippen molar-refractivity contribution in [3.63, 3.8) is 0 Å². The summed E-state index contributed by atoms with van der Waals surface area (Å²) < 4.78 is 5.45. The summed E-state index contributed by atoms with van der Waals surface area (Å²) in [7, 11) is 0. The number of fused-ring (bicyclic) bond motifs is 1. The largest absolute Gasteiger partial charge is 0.479 e. The molecule has 0 saturated carbocycles. The fraction of sp³-hybridized carbons (Fsp3) is 0.154. The number of amides is 1. The van der Waals surface area contributed by atoms with Crippen molar-refractivity contribution in [2.75, 3.05) is 10.6 Å². The molecule has 2 aromatic rings. The third kappa shape index (κ3) is 2.64. The molecule has 1 unspecified atom stereocenters. The second kappa shape index (κ2) is 5.28. The highest BCUT2D eigenvalue weighted by atomic mass is 16.6. The third-order valence-electron chi connectivity index (χ3n) is 3.02. The van der Waals surface area contributed by atoms with E-state index >= 15 is 0 Å². The summed E-state index contributed by atoms with van der Waals surface area (Å²) in [5, 5.41) is 16.2. The highest BCUT2D eigenvalue weighted by Gasteiger charge is 2.23. The zero-order valence-electron chi connectivity index (χ0n) is 11.4. The van der Waals surface area contributed by atoms with Crippen molar-refractivity contribution in [2.24, 2.45) is 0 Å². The van der Waals surface area contributed by atoms with E-state index in [0.717, 1.165) is 12.4 Å². The Labute approximate surface area is 124 Å². The number of nitrogens with zero attached hydrogens (tertiary/aromatic N) is 3. The first-order valence-electron chi connectivity index (χ1n) is 6.38. The Morgan fingerprint density at radius 2 is 2.09 bits per heavy atom. The molecule has 0 aliphatic carbocycles. The first-order valence-corrected chi connectivity index (χ1v) is 6.38. The number of carbonyl (C=O) groups excluding carboxylic acids is 1. The van der Waals surface area contributed by atoms with Gasteiger partial charge in [-0.15, -0.1) is 0 Å². The summed E-state index contributed by atoms with van der Waals surface area (Å²) >= 11 is 0.